The SMILES string of the molecule is CC(C)CCC(C)NC(=O)[C@H](N)Cc1ccc(O)cc1. The molecule has 0 spiro atoms. The van der Waals surface area contributed by atoms with Gasteiger partial charge < -0.3 is 16.2 Å². The largest absolute Gasteiger partial charge is 0.508 e. The van der Waals surface area contributed by atoms with E-state index in [-0.39, 0.29) is 17.7 Å². The van der Waals surface area contributed by atoms with Crippen molar-refractivity contribution in [1.29, 1.82) is 0 Å². The van der Waals surface area contributed by atoms with Gasteiger partial charge in [-0.05, 0) is 49.8 Å². The third kappa shape index (κ3) is 6.06. The maximum absolute atomic E-state index is 12.0. The molecule has 0 saturated heterocycles. The van der Waals surface area contributed by atoms with Crippen LogP contribution in [0, 0.1) is 5.92 Å². The van der Waals surface area contributed by atoms with Crippen molar-refractivity contribution >= 4 is 5.91 Å². The van der Waals surface area contributed by atoms with Crippen LogP contribution in [0.4, 0.5) is 0 Å². The normalized spacial score (nSPS) is 14.1. The number of nitrogens with one attached hydrogen (secondary N) is 1. The predicted molar refractivity (Wildman–Crippen MR) is 81.5 cm³/mol. The number of carbonyl (C=O) groups is 1. The Hall–Kier alpha value is -1.55. The summed E-state index contributed by atoms with van der Waals surface area (Å²) in [6.07, 6.45) is 2.53. The minimum absolute atomic E-state index is 0.116. The Kier molecular flexibility index (Phi) is 6.52. The van der Waals surface area contributed by atoms with Crippen molar-refractivity contribution in [3.63, 3.8) is 0 Å². The molecule has 0 aliphatic heterocycles. The number of aromatic hydroxyl groups is 1. The number of rotatable bonds is 7. The number of phenols is 1. The lowest BCUT2D eigenvalue weighted by atomic mass is 10.0. The Balaban J connectivity index is 2.40. The lowest BCUT2D eigenvalue weighted by molar-refractivity contribution is -0.123. The molecule has 4 N–H and O–H groups in total. The minimum Gasteiger partial charge on any atom is -0.508 e. The van der Waals surface area contributed by atoms with E-state index in [2.05, 4.69) is 19.2 Å². The topological polar surface area (TPSA) is 75.4 Å². The molecular weight excluding hydrogens is 252 g/mol. The molecule has 1 aromatic carbocycles. The highest BCUT2D eigenvalue weighted by Crippen LogP contribution is 2.11. The smallest absolute Gasteiger partial charge is 0.237 e. The molecule has 20 heavy (non-hydrogen) atoms. The first kappa shape index (κ1) is 16.5. The van der Waals surface area contributed by atoms with Crippen LogP contribution in [0.3, 0.4) is 0 Å². The summed E-state index contributed by atoms with van der Waals surface area (Å²) in [5.74, 6) is 0.739. The number of phenolic OH excluding ortho intramolecular Hbond substituents is 1. The van der Waals surface area contributed by atoms with E-state index in [1.54, 1.807) is 24.3 Å². The molecule has 4 nitrogen and oxygen atoms in total. The second kappa shape index (κ2) is 7.90. The van der Waals surface area contributed by atoms with Gasteiger partial charge in [-0.2, -0.15) is 0 Å². The van der Waals surface area contributed by atoms with Crippen LogP contribution in [-0.2, 0) is 11.2 Å². The summed E-state index contributed by atoms with van der Waals surface area (Å²) >= 11 is 0. The lowest BCUT2D eigenvalue weighted by Crippen LogP contribution is -2.45. The molecule has 0 saturated carbocycles. The van der Waals surface area contributed by atoms with Crippen molar-refractivity contribution in [2.45, 2.75) is 52.1 Å². The van der Waals surface area contributed by atoms with Crippen molar-refractivity contribution in [2.75, 3.05) is 0 Å². The molecular formula is C16H26N2O2. The molecule has 0 bridgehead atoms. The average molecular weight is 278 g/mol. The second-order valence-corrected chi connectivity index (χ2v) is 5.86. The van der Waals surface area contributed by atoms with Crippen molar-refractivity contribution in [2.24, 2.45) is 11.7 Å². The van der Waals surface area contributed by atoms with Crippen LogP contribution in [0.15, 0.2) is 24.3 Å². The van der Waals surface area contributed by atoms with Crippen LogP contribution in [0.2, 0.25) is 0 Å². The molecule has 1 unspecified atom stereocenters. The van der Waals surface area contributed by atoms with E-state index in [1.807, 2.05) is 6.92 Å². The Bertz CT molecular complexity index is 415. The van der Waals surface area contributed by atoms with Crippen LogP contribution >= 0.6 is 0 Å². The van der Waals surface area contributed by atoms with Crippen LogP contribution in [0.25, 0.3) is 0 Å². The first-order valence-corrected chi connectivity index (χ1v) is 7.22. The van der Waals surface area contributed by atoms with E-state index < -0.39 is 6.04 Å². The van der Waals surface area contributed by atoms with Gasteiger partial charge >= 0.3 is 0 Å². The number of hydrogen-bond donors (Lipinski definition) is 3. The molecule has 1 aromatic rings. The maximum atomic E-state index is 12.0. The molecule has 112 valence electrons. The summed E-state index contributed by atoms with van der Waals surface area (Å²) in [4.78, 5) is 12.0. The molecule has 4 heteroatoms. The van der Waals surface area contributed by atoms with E-state index in [9.17, 15) is 9.90 Å². The predicted octanol–water partition coefficient (Wildman–Crippen LogP) is 2.20. The average Bonchev–Trinajstić information content (AvgIpc) is 2.39. The third-order valence-electron chi connectivity index (χ3n) is 3.29. The van der Waals surface area contributed by atoms with Crippen molar-refractivity contribution in [3.8, 4) is 5.75 Å². The summed E-state index contributed by atoms with van der Waals surface area (Å²) in [6.45, 7) is 6.35. The van der Waals surface area contributed by atoms with Gasteiger partial charge in [0.1, 0.15) is 5.75 Å². The van der Waals surface area contributed by atoms with Gasteiger partial charge in [-0.25, -0.2) is 0 Å². The molecule has 0 radical (unpaired) electrons. The van der Waals surface area contributed by atoms with Crippen LogP contribution in [0.1, 0.15) is 39.2 Å². The Morgan fingerprint density at radius 2 is 1.80 bits per heavy atom. The van der Waals surface area contributed by atoms with Crippen LogP contribution in [0.5, 0.6) is 5.75 Å². The monoisotopic (exact) mass is 278 g/mol. The zero-order valence-electron chi connectivity index (χ0n) is 12.6. The van der Waals surface area contributed by atoms with E-state index in [4.69, 9.17) is 5.73 Å². The van der Waals surface area contributed by atoms with Gasteiger partial charge in [0.25, 0.3) is 0 Å². The van der Waals surface area contributed by atoms with E-state index >= 15 is 0 Å². The highest BCUT2D eigenvalue weighted by molar-refractivity contribution is 5.82. The summed E-state index contributed by atoms with van der Waals surface area (Å²) in [7, 11) is 0. The van der Waals surface area contributed by atoms with Gasteiger partial charge in [0.05, 0.1) is 6.04 Å². The third-order valence-corrected chi connectivity index (χ3v) is 3.29. The summed E-state index contributed by atoms with van der Waals surface area (Å²) in [5, 5.41) is 12.2. The van der Waals surface area contributed by atoms with Crippen molar-refractivity contribution < 1.29 is 9.90 Å². The van der Waals surface area contributed by atoms with Gasteiger partial charge in [0.15, 0.2) is 0 Å². The van der Waals surface area contributed by atoms with E-state index in [0.717, 1.165) is 18.4 Å². The zero-order chi connectivity index (χ0) is 15.1. The molecule has 0 aromatic heterocycles. The second-order valence-electron chi connectivity index (χ2n) is 5.86. The minimum atomic E-state index is -0.555. The fourth-order valence-corrected chi connectivity index (χ4v) is 1.98. The first-order chi connectivity index (χ1) is 9.38. The quantitative estimate of drug-likeness (QED) is 0.715. The van der Waals surface area contributed by atoms with Crippen molar-refractivity contribution in [1.82, 2.24) is 5.32 Å². The lowest BCUT2D eigenvalue weighted by Gasteiger charge is -2.18. The van der Waals surface area contributed by atoms with E-state index in [1.165, 1.54) is 0 Å². The van der Waals surface area contributed by atoms with Gasteiger partial charge in [-0.3, -0.25) is 4.79 Å². The molecule has 0 fully saturated rings. The fourth-order valence-electron chi connectivity index (χ4n) is 1.98. The van der Waals surface area contributed by atoms with Crippen molar-refractivity contribution in [3.05, 3.63) is 29.8 Å². The number of benzene rings is 1. The molecule has 0 heterocycles. The number of amides is 1. The molecule has 2 atom stereocenters. The molecule has 1 rings (SSSR count). The Morgan fingerprint density at radius 1 is 1.20 bits per heavy atom. The number of hydrogen-bond acceptors (Lipinski definition) is 3. The number of nitrogens with two attached hydrogens (primary N) is 1. The zero-order valence-corrected chi connectivity index (χ0v) is 12.6. The van der Waals surface area contributed by atoms with Gasteiger partial charge in [0.2, 0.25) is 5.91 Å². The van der Waals surface area contributed by atoms with Crippen LogP contribution < -0.4 is 11.1 Å². The Labute approximate surface area is 121 Å². The summed E-state index contributed by atoms with van der Waals surface area (Å²) in [6, 6.07) is 6.36. The molecule has 0 aliphatic rings. The highest BCUT2D eigenvalue weighted by atomic mass is 16.3. The summed E-state index contributed by atoms with van der Waals surface area (Å²) in [5.41, 5.74) is 6.86. The highest BCUT2D eigenvalue weighted by Gasteiger charge is 2.16. The fraction of sp³-hybridized carbons (Fsp3) is 0.562. The molecule has 0 aliphatic carbocycles. The van der Waals surface area contributed by atoms with Gasteiger partial charge in [-0.15, -0.1) is 0 Å². The molecule has 1 amide bonds. The first-order valence-electron chi connectivity index (χ1n) is 7.22. The van der Waals surface area contributed by atoms with E-state index in [0.29, 0.717) is 12.3 Å². The standard InChI is InChI=1S/C16H26N2O2/c1-11(2)4-5-12(3)18-16(20)15(17)10-13-6-8-14(19)9-7-13/h6-9,11-12,15,19H,4-5,10,17H2,1-3H3,(H,18,20)/t12?,15-/m1/s1. The van der Waals surface area contributed by atoms with Gasteiger partial charge in [-0.1, -0.05) is 26.0 Å². The van der Waals surface area contributed by atoms with Gasteiger partial charge in [0, 0.05) is 6.04 Å². The maximum Gasteiger partial charge on any atom is 0.237 e. The number of carbonyl (C=O) groups excluding carboxylic acids is 1. The Morgan fingerprint density at radius 3 is 2.35 bits per heavy atom. The van der Waals surface area contributed by atoms with Crippen LogP contribution in [-0.4, -0.2) is 23.1 Å². The summed E-state index contributed by atoms with van der Waals surface area (Å²) < 4.78 is 0.